The molecule has 0 spiro atoms. The first-order valence-electron chi connectivity index (χ1n) is 7.94. The summed E-state index contributed by atoms with van der Waals surface area (Å²) in [6, 6.07) is 6.49. The molecule has 7 nitrogen and oxygen atoms in total. The topological polar surface area (TPSA) is 88.8 Å². The minimum Gasteiger partial charge on any atom is -0.381 e. The lowest BCUT2D eigenvalue weighted by molar-refractivity contribution is -0.384. The number of non-ortho nitro benzene ring substituents is 1. The fourth-order valence-electron chi connectivity index (χ4n) is 2.06. The summed E-state index contributed by atoms with van der Waals surface area (Å²) < 4.78 is 5.58. The molecule has 2 rings (SSSR count). The number of hydrogen-bond donors (Lipinski definition) is 2. The molecule has 0 aromatic heterocycles. The summed E-state index contributed by atoms with van der Waals surface area (Å²) in [5.74, 6) is 1.52. The number of nitro benzene ring substituents is 1. The van der Waals surface area contributed by atoms with Crippen LogP contribution in [0, 0.1) is 16.0 Å². The Kier molecular flexibility index (Phi) is 9.62. The fourth-order valence-corrected chi connectivity index (χ4v) is 2.06. The van der Waals surface area contributed by atoms with Crippen molar-refractivity contribution < 1.29 is 9.66 Å². The van der Waals surface area contributed by atoms with E-state index in [2.05, 4.69) is 15.6 Å². The Labute approximate surface area is 159 Å². The van der Waals surface area contributed by atoms with Crippen LogP contribution >= 0.6 is 24.0 Å². The highest BCUT2D eigenvalue weighted by molar-refractivity contribution is 14.0. The molecule has 0 radical (unpaired) electrons. The smallest absolute Gasteiger partial charge is 0.269 e. The predicted molar refractivity (Wildman–Crippen MR) is 105 cm³/mol. The van der Waals surface area contributed by atoms with Crippen LogP contribution in [0.1, 0.15) is 24.8 Å². The molecule has 1 aromatic rings. The summed E-state index contributed by atoms with van der Waals surface area (Å²) in [5, 5.41) is 17.0. The SMILES string of the molecule is CN=C(NCCCOCC1CC1)NCc1ccc([N+](=O)[O-])cc1.I. The molecule has 0 amide bonds. The van der Waals surface area contributed by atoms with E-state index in [-0.39, 0.29) is 29.7 Å². The Hall–Kier alpha value is -1.42. The van der Waals surface area contributed by atoms with E-state index >= 15 is 0 Å². The first-order chi connectivity index (χ1) is 11.2. The number of aliphatic imine (C=N–C) groups is 1. The van der Waals surface area contributed by atoms with Gasteiger partial charge in [-0.25, -0.2) is 0 Å². The van der Waals surface area contributed by atoms with E-state index in [4.69, 9.17) is 4.74 Å². The van der Waals surface area contributed by atoms with Gasteiger partial charge < -0.3 is 15.4 Å². The van der Waals surface area contributed by atoms with E-state index in [0.29, 0.717) is 12.5 Å². The maximum atomic E-state index is 10.6. The number of rotatable bonds is 9. The summed E-state index contributed by atoms with van der Waals surface area (Å²) in [5.41, 5.74) is 1.06. The highest BCUT2D eigenvalue weighted by Crippen LogP contribution is 2.28. The molecule has 1 aliphatic carbocycles. The van der Waals surface area contributed by atoms with Gasteiger partial charge in [-0.1, -0.05) is 12.1 Å². The van der Waals surface area contributed by atoms with Crippen molar-refractivity contribution in [1.29, 1.82) is 0 Å². The molecule has 134 valence electrons. The van der Waals surface area contributed by atoms with Crippen LogP contribution in [0.15, 0.2) is 29.3 Å². The zero-order chi connectivity index (χ0) is 16.5. The number of benzene rings is 1. The van der Waals surface area contributed by atoms with Crippen molar-refractivity contribution in [2.75, 3.05) is 26.8 Å². The zero-order valence-corrected chi connectivity index (χ0v) is 16.2. The Morgan fingerprint density at radius 2 is 2.04 bits per heavy atom. The summed E-state index contributed by atoms with van der Waals surface area (Å²) >= 11 is 0. The molecule has 0 unspecified atom stereocenters. The molecule has 0 saturated heterocycles. The van der Waals surface area contributed by atoms with Crippen molar-refractivity contribution in [2.45, 2.75) is 25.8 Å². The third-order valence-corrected chi connectivity index (χ3v) is 3.64. The van der Waals surface area contributed by atoms with Crippen molar-refractivity contribution in [2.24, 2.45) is 10.9 Å². The summed E-state index contributed by atoms with van der Waals surface area (Å²) in [4.78, 5) is 14.4. The average Bonchev–Trinajstić information content (AvgIpc) is 3.38. The second kappa shape index (κ2) is 11.2. The lowest BCUT2D eigenvalue weighted by atomic mass is 10.2. The first kappa shape index (κ1) is 20.6. The van der Waals surface area contributed by atoms with Gasteiger partial charge in [-0.2, -0.15) is 0 Å². The Morgan fingerprint density at radius 3 is 2.62 bits per heavy atom. The van der Waals surface area contributed by atoms with E-state index in [9.17, 15) is 10.1 Å². The van der Waals surface area contributed by atoms with Crippen LogP contribution in [0.3, 0.4) is 0 Å². The number of ether oxygens (including phenoxy) is 1. The highest BCUT2D eigenvalue weighted by atomic mass is 127. The van der Waals surface area contributed by atoms with E-state index < -0.39 is 4.92 Å². The van der Waals surface area contributed by atoms with Crippen LogP contribution in [-0.2, 0) is 11.3 Å². The van der Waals surface area contributed by atoms with Gasteiger partial charge >= 0.3 is 0 Å². The van der Waals surface area contributed by atoms with Crippen molar-refractivity contribution >= 4 is 35.6 Å². The molecule has 1 aromatic carbocycles. The van der Waals surface area contributed by atoms with Crippen LogP contribution < -0.4 is 10.6 Å². The lowest BCUT2D eigenvalue weighted by Crippen LogP contribution is -2.37. The van der Waals surface area contributed by atoms with Crippen LogP contribution in [0.4, 0.5) is 5.69 Å². The van der Waals surface area contributed by atoms with Gasteiger partial charge in [0, 0.05) is 45.5 Å². The van der Waals surface area contributed by atoms with Gasteiger partial charge in [0.1, 0.15) is 0 Å². The van der Waals surface area contributed by atoms with E-state index in [0.717, 1.165) is 37.7 Å². The van der Waals surface area contributed by atoms with Crippen molar-refractivity contribution in [1.82, 2.24) is 10.6 Å². The molecule has 1 saturated carbocycles. The minimum absolute atomic E-state index is 0. The Bertz CT molecular complexity index is 533. The third kappa shape index (κ3) is 7.91. The highest BCUT2D eigenvalue weighted by Gasteiger charge is 2.20. The molecule has 0 bridgehead atoms. The van der Waals surface area contributed by atoms with Gasteiger partial charge in [-0.15, -0.1) is 24.0 Å². The maximum absolute atomic E-state index is 10.6. The first-order valence-corrected chi connectivity index (χ1v) is 7.94. The molecule has 8 heteroatoms. The molecule has 0 aliphatic heterocycles. The number of nitrogens with one attached hydrogen (secondary N) is 2. The second-order valence-corrected chi connectivity index (χ2v) is 5.65. The predicted octanol–water partition coefficient (Wildman–Crippen LogP) is 2.69. The van der Waals surface area contributed by atoms with Crippen LogP contribution in [-0.4, -0.2) is 37.7 Å². The molecule has 2 N–H and O–H groups in total. The monoisotopic (exact) mass is 448 g/mol. The number of halogens is 1. The molecular formula is C16H25IN4O3. The Balaban J connectivity index is 0.00000288. The molecule has 1 fully saturated rings. The Morgan fingerprint density at radius 1 is 1.33 bits per heavy atom. The summed E-state index contributed by atoms with van der Waals surface area (Å²) in [7, 11) is 1.72. The van der Waals surface area contributed by atoms with Crippen molar-refractivity contribution in [3.8, 4) is 0 Å². The van der Waals surface area contributed by atoms with Crippen molar-refractivity contribution in [3.63, 3.8) is 0 Å². The van der Waals surface area contributed by atoms with Gasteiger partial charge in [0.15, 0.2) is 5.96 Å². The third-order valence-electron chi connectivity index (χ3n) is 3.64. The standard InChI is InChI=1S/C16H24N4O3.HI/c1-17-16(18-9-2-10-23-12-14-3-4-14)19-11-13-5-7-15(8-6-13)20(21)22;/h5-8,14H,2-4,9-12H2,1H3,(H2,17,18,19);1H. The normalized spacial score (nSPS) is 14.0. The van der Waals surface area contributed by atoms with E-state index in [1.54, 1.807) is 19.2 Å². The van der Waals surface area contributed by atoms with Crippen LogP contribution in [0.5, 0.6) is 0 Å². The summed E-state index contributed by atoms with van der Waals surface area (Å²) in [6.07, 6.45) is 3.57. The summed E-state index contributed by atoms with van der Waals surface area (Å²) in [6.45, 7) is 3.02. The molecule has 24 heavy (non-hydrogen) atoms. The van der Waals surface area contributed by atoms with Gasteiger partial charge in [0.2, 0.25) is 0 Å². The number of nitro groups is 1. The van der Waals surface area contributed by atoms with Gasteiger partial charge in [0.05, 0.1) is 4.92 Å². The number of nitrogens with zero attached hydrogens (tertiary/aromatic N) is 2. The number of hydrogen-bond acceptors (Lipinski definition) is 4. The van der Waals surface area contributed by atoms with Crippen molar-refractivity contribution in [3.05, 3.63) is 39.9 Å². The maximum Gasteiger partial charge on any atom is 0.269 e. The average molecular weight is 448 g/mol. The lowest BCUT2D eigenvalue weighted by Gasteiger charge is -2.12. The largest absolute Gasteiger partial charge is 0.381 e. The fraction of sp³-hybridized carbons (Fsp3) is 0.562. The molecular weight excluding hydrogens is 423 g/mol. The second-order valence-electron chi connectivity index (χ2n) is 5.65. The molecule has 0 heterocycles. The number of guanidine groups is 1. The van der Waals surface area contributed by atoms with Crippen LogP contribution in [0.25, 0.3) is 0 Å². The molecule has 0 atom stereocenters. The van der Waals surface area contributed by atoms with Gasteiger partial charge in [0.25, 0.3) is 5.69 Å². The van der Waals surface area contributed by atoms with Gasteiger partial charge in [-0.05, 0) is 30.7 Å². The van der Waals surface area contributed by atoms with E-state index in [1.165, 1.54) is 25.0 Å². The van der Waals surface area contributed by atoms with Crippen LogP contribution in [0.2, 0.25) is 0 Å². The minimum atomic E-state index is -0.400. The quantitative estimate of drug-likeness (QED) is 0.152. The van der Waals surface area contributed by atoms with Gasteiger partial charge in [-0.3, -0.25) is 15.1 Å². The van der Waals surface area contributed by atoms with E-state index in [1.807, 2.05) is 0 Å². The molecule has 1 aliphatic rings. The zero-order valence-electron chi connectivity index (χ0n) is 13.9.